The molecule has 0 radical (unpaired) electrons. The van der Waals surface area contributed by atoms with E-state index in [2.05, 4.69) is 15.6 Å². The molecule has 0 aliphatic heterocycles. The van der Waals surface area contributed by atoms with Gasteiger partial charge in [-0.2, -0.15) is 0 Å². The molecule has 0 aliphatic carbocycles. The van der Waals surface area contributed by atoms with Gasteiger partial charge in [0.25, 0.3) is 5.91 Å². The molecule has 0 spiro atoms. The number of fused-ring (bicyclic) bond motifs is 1. The van der Waals surface area contributed by atoms with E-state index in [-0.39, 0.29) is 18.2 Å². The van der Waals surface area contributed by atoms with E-state index < -0.39 is 0 Å². The Morgan fingerprint density at radius 2 is 2.05 bits per heavy atom. The fourth-order valence-corrected chi connectivity index (χ4v) is 1.94. The topological polar surface area (TPSA) is 100 Å². The number of aromatic nitrogens is 1. The molecule has 5 N–H and O–H groups in total. The molecule has 0 unspecified atom stereocenters. The van der Waals surface area contributed by atoms with Crippen LogP contribution < -0.4 is 16.4 Å². The fourth-order valence-electron chi connectivity index (χ4n) is 1.94. The van der Waals surface area contributed by atoms with Gasteiger partial charge < -0.3 is 21.4 Å². The molecule has 2 amide bonds. The second-order valence-electron chi connectivity index (χ2n) is 4.49. The minimum atomic E-state index is -0.232. The second-order valence-corrected chi connectivity index (χ2v) is 4.49. The number of H-pyrrole nitrogens is 1. The Kier molecular flexibility index (Phi) is 4.24. The maximum atomic E-state index is 11.9. The maximum Gasteiger partial charge on any atom is 0.267 e. The van der Waals surface area contributed by atoms with Crippen LogP contribution >= 0.6 is 0 Å². The quantitative estimate of drug-likeness (QED) is 0.612. The summed E-state index contributed by atoms with van der Waals surface area (Å²) in [6.45, 7) is 2.76. The van der Waals surface area contributed by atoms with Crippen LogP contribution in [0.1, 0.15) is 23.8 Å². The van der Waals surface area contributed by atoms with Gasteiger partial charge >= 0.3 is 0 Å². The number of rotatable bonds is 5. The third-order valence-corrected chi connectivity index (χ3v) is 2.90. The molecule has 1 heterocycles. The summed E-state index contributed by atoms with van der Waals surface area (Å²) in [6.07, 6.45) is 0.271. The fraction of sp³-hybridized carbons (Fsp3) is 0.286. The van der Waals surface area contributed by atoms with Gasteiger partial charge in [-0.1, -0.05) is 0 Å². The highest BCUT2D eigenvalue weighted by molar-refractivity contribution is 5.98. The summed E-state index contributed by atoms with van der Waals surface area (Å²) >= 11 is 0. The lowest BCUT2D eigenvalue weighted by molar-refractivity contribution is -0.120. The second kappa shape index (κ2) is 6.10. The number of benzene rings is 1. The standard InChI is InChI=1S/C14H18N4O2/c1-2-16-13(19)5-6-17-14(20)12-8-9-7-10(15)3-4-11(9)18-12/h3-4,7-8,18H,2,5-6,15H2,1H3,(H,16,19)(H,17,20). The van der Waals surface area contributed by atoms with Crippen molar-refractivity contribution < 1.29 is 9.59 Å². The van der Waals surface area contributed by atoms with Crippen molar-refractivity contribution in [2.45, 2.75) is 13.3 Å². The molecule has 20 heavy (non-hydrogen) atoms. The first-order valence-corrected chi connectivity index (χ1v) is 6.53. The van der Waals surface area contributed by atoms with Crippen molar-refractivity contribution >= 4 is 28.4 Å². The largest absolute Gasteiger partial charge is 0.399 e. The Labute approximate surface area is 116 Å². The Hall–Kier alpha value is -2.50. The van der Waals surface area contributed by atoms with E-state index in [9.17, 15) is 9.59 Å². The molecule has 0 fully saturated rings. The molecule has 1 aromatic heterocycles. The zero-order valence-electron chi connectivity index (χ0n) is 11.3. The van der Waals surface area contributed by atoms with Crippen LogP contribution in [0.3, 0.4) is 0 Å². The lowest BCUT2D eigenvalue weighted by Crippen LogP contribution is -2.30. The van der Waals surface area contributed by atoms with Gasteiger partial charge in [0, 0.05) is 36.1 Å². The van der Waals surface area contributed by atoms with Crippen LogP contribution in [0.5, 0.6) is 0 Å². The average molecular weight is 274 g/mol. The van der Waals surface area contributed by atoms with Gasteiger partial charge in [0.1, 0.15) is 5.69 Å². The minimum Gasteiger partial charge on any atom is -0.399 e. The van der Waals surface area contributed by atoms with E-state index in [0.29, 0.717) is 24.5 Å². The van der Waals surface area contributed by atoms with Gasteiger partial charge in [-0.15, -0.1) is 0 Å². The first-order valence-electron chi connectivity index (χ1n) is 6.53. The molecule has 0 saturated carbocycles. The highest BCUT2D eigenvalue weighted by atomic mass is 16.2. The van der Waals surface area contributed by atoms with Crippen molar-refractivity contribution in [1.82, 2.24) is 15.6 Å². The Balaban J connectivity index is 1.95. The number of carbonyl (C=O) groups is 2. The summed E-state index contributed by atoms with van der Waals surface area (Å²) in [5, 5.41) is 6.26. The summed E-state index contributed by atoms with van der Waals surface area (Å²) < 4.78 is 0. The summed E-state index contributed by atoms with van der Waals surface area (Å²) in [5.41, 5.74) is 7.66. The molecule has 0 saturated heterocycles. The Morgan fingerprint density at radius 1 is 1.25 bits per heavy atom. The Bertz CT molecular complexity index is 633. The van der Waals surface area contributed by atoms with Crippen LogP contribution in [-0.2, 0) is 4.79 Å². The van der Waals surface area contributed by atoms with Crippen molar-refractivity contribution in [3.05, 3.63) is 30.0 Å². The molecule has 2 rings (SSSR count). The van der Waals surface area contributed by atoms with E-state index in [1.165, 1.54) is 0 Å². The molecule has 106 valence electrons. The molecular formula is C14H18N4O2. The van der Waals surface area contributed by atoms with E-state index in [1.54, 1.807) is 18.2 Å². The molecule has 0 bridgehead atoms. The third kappa shape index (κ3) is 3.28. The number of nitrogen functional groups attached to an aromatic ring is 1. The molecule has 2 aromatic rings. The monoisotopic (exact) mass is 274 g/mol. The van der Waals surface area contributed by atoms with Gasteiger partial charge in [-0.3, -0.25) is 9.59 Å². The highest BCUT2D eigenvalue weighted by Gasteiger charge is 2.09. The number of hydrogen-bond acceptors (Lipinski definition) is 3. The molecule has 1 aromatic carbocycles. The SMILES string of the molecule is CCNC(=O)CCNC(=O)c1cc2cc(N)ccc2[nH]1. The van der Waals surface area contributed by atoms with Gasteiger partial charge in [0.05, 0.1) is 0 Å². The average Bonchev–Trinajstić information content (AvgIpc) is 2.82. The van der Waals surface area contributed by atoms with Gasteiger partial charge in [0.2, 0.25) is 5.91 Å². The maximum absolute atomic E-state index is 11.9. The predicted molar refractivity (Wildman–Crippen MR) is 78.3 cm³/mol. The van der Waals surface area contributed by atoms with E-state index in [0.717, 1.165) is 10.9 Å². The number of amides is 2. The smallest absolute Gasteiger partial charge is 0.267 e. The van der Waals surface area contributed by atoms with Crippen LogP contribution in [0.15, 0.2) is 24.3 Å². The van der Waals surface area contributed by atoms with Crippen LogP contribution in [0.4, 0.5) is 5.69 Å². The summed E-state index contributed by atoms with van der Waals surface area (Å²) in [4.78, 5) is 26.2. The van der Waals surface area contributed by atoms with E-state index >= 15 is 0 Å². The van der Waals surface area contributed by atoms with E-state index in [1.807, 2.05) is 13.0 Å². The number of aromatic amines is 1. The minimum absolute atomic E-state index is 0.0720. The first-order chi connectivity index (χ1) is 9.60. The third-order valence-electron chi connectivity index (χ3n) is 2.90. The van der Waals surface area contributed by atoms with Gasteiger partial charge in [-0.05, 0) is 31.2 Å². The number of nitrogens with two attached hydrogens (primary N) is 1. The van der Waals surface area contributed by atoms with Crippen molar-refractivity contribution in [2.24, 2.45) is 0 Å². The van der Waals surface area contributed by atoms with Crippen molar-refractivity contribution in [2.75, 3.05) is 18.8 Å². The van der Waals surface area contributed by atoms with Crippen LogP contribution in [0, 0.1) is 0 Å². The number of carbonyl (C=O) groups excluding carboxylic acids is 2. The normalized spacial score (nSPS) is 10.4. The Morgan fingerprint density at radius 3 is 2.80 bits per heavy atom. The van der Waals surface area contributed by atoms with Gasteiger partial charge in [0.15, 0.2) is 0 Å². The lowest BCUT2D eigenvalue weighted by atomic mass is 10.2. The number of anilines is 1. The highest BCUT2D eigenvalue weighted by Crippen LogP contribution is 2.18. The lowest BCUT2D eigenvalue weighted by Gasteiger charge is -2.03. The molecule has 0 atom stereocenters. The number of hydrogen-bond donors (Lipinski definition) is 4. The zero-order valence-corrected chi connectivity index (χ0v) is 11.3. The first kappa shape index (κ1) is 13.9. The van der Waals surface area contributed by atoms with Crippen molar-refractivity contribution in [3.63, 3.8) is 0 Å². The summed E-state index contributed by atoms with van der Waals surface area (Å²) in [5.74, 6) is -0.304. The van der Waals surface area contributed by atoms with Gasteiger partial charge in [-0.25, -0.2) is 0 Å². The van der Waals surface area contributed by atoms with Crippen LogP contribution in [0.2, 0.25) is 0 Å². The van der Waals surface area contributed by atoms with Crippen molar-refractivity contribution in [1.29, 1.82) is 0 Å². The van der Waals surface area contributed by atoms with Crippen LogP contribution in [0.25, 0.3) is 10.9 Å². The molecular weight excluding hydrogens is 256 g/mol. The summed E-state index contributed by atoms with van der Waals surface area (Å²) in [7, 11) is 0. The van der Waals surface area contributed by atoms with Crippen LogP contribution in [-0.4, -0.2) is 29.9 Å². The molecule has 0 aliphatic rings. The van der Waals surface area contributed by atoms with Crippen molar-refractivity contribution in [3.8, 4) is 0 Å². The predicted octanol–water partition coefficient (Wildman–Crippen LogP) is 1.01. The zero-order chi connectivity index (χ0) is 14.5. The molecule has 6 heteroatoms. The molecule has 6 nitrogen and oxygen atoms in total. The van der Waals surface area contributed by atoms with E-state index in [4.69, 9.17) is 5.73 Å². The number of nitrogens with one attached hydrogen (secondary N) is 3. The summed E-state index contributed by atoms with van der Waals surface area (Å²) in [6, 6.07) is 7.15.